The monoisotopic (exact) mass is 336 g/mol. The lowest BCUT2D eigenvalue weighted by Crippen LogP contribution is -1.91. The molecule has 0 saturated carbocycles. The fourth-order valence-corrected chi connectivity index (χ4v) is 2.60. The molecule has 2 N–H and O–H groups in total. The smallest absolute Gasteiger partial charge is 0.180 e. The number of fused-ring (bicyclic) bond motifs is 1. The SMILES string of the molecule is CNc1ccc2[nH]c(-c3ccc(Br)cc3Cl)nc2n1. The van der Waals surface area contributed by atoms with Crippen molar-refractivity contribution in [2.24, 2.45) is 0 Å². The highest BCUT2D eigenvalue weighted by molar-refractivity contribution is 9.10. The fraction of sp³-hybridized carbons (Fsp3) is 0.0769. The van der Waals surface area contributed by atoms with Gasteiger partial charge in [-0.05, 0) is 30.3 Å². The Morgan fingerprint density at radius 3 is 2.79 bits per heavy atom. The standard InChI is InChI=1S/C13H10BrClN4/c1-16-11-5-4-10-13(18-11)19-12(17-10)8-3-2-7(14)6-9(8)15/h2-6H,1H3,(H2,16,17,18,19). The summed E-state index contributed by atoms with van der Waals surface area (Å²) in [7, 11) is 1.83. The van der Waals surface area contributed by atoms with E-state index in [1.165, 1.54) is 0 Å². The van der Waals surface area contributed by atoms with Crippen LogP contribution in [0, 0.1) is 0 Å². The number of imidazole rings is 1. The molecule has 19 heavy (non-hydrogen) atoms. The summed E-state index contributed by atoms with van der Waals surface area (Å²) >= 11 is 9.61. The Bertz CT molecular complexity index is 753. The number of H-pyrrole nitrogens is 1. The van der Waals surface area contributed by atoms with Gasteiger partial charge in [0.15, 0.2) is 5.65 Å². The van der Waals surface area contributed by atoms with Gasteiger partial charge in [-0.25, -0.2) is 9.97 Å². The van der Waals surface area contributed by atoms with Crippen LogP contribution in [0.5, 0.6) is 0 Å². The second-order valence-corrected chi connectivity index (χ2v) is 5.35. The maximum absolute atomic E-state index is 6.23. The highest BCUT2D eigenvalue weighted by atomic mass is 79.9. The van der Waals surface area contributed by atoms with Crippen molar-refractivity contribution in [2.75, 3.05) is 12.4 Å². The van der Waals surface area contributed by atoms with Gasteiger partial charge >= 0.3 is 0 Å². The summed E-state index contributed by atoms with van der Waals surface area (Å²) in [5, 5.41) is 3.63. The van der Waals surface area contributed by atoms with E-state index in [0.29, 0.717) is 16.5 Å². The number of nitrogens with one attached hydrogen (secondary N) is 2. The quantitative estimate of drug-likeness (QED) is 0.741. The molecule has 96 valence electrons. The normalized spacial score (nSPS) is 10.9. The summed E-state index contributed by atoms with van der Waals surface area (Å²) in [6, 6.07) is 9.53. The predicted molar refractivity (Wildman–Crippen MR) is 81.6 cm³/mol. The molecule has 0 aliphatic rings. The molecule has 0 radical (unpaired) electrons. The third kappa shape index (κ3) is 2.31. The maximum atomic E-state index is 6.23. The molecule has 0 aliphatic carbocycles. The van der Waals surface area contributed by atoms with Gasteiger partial charge in [0, 0.05) is 17.1 Å². The first-order chi connectivity index (χ1) is 9.17. The molecule has 0 bridgehead atoms. The number of aromatic amines is 1. The van der Waals surface area contributed by atoms with Gasteiger partial charge in [-0.15, -0.1) is 0 Å². The van der Waals surface area contributed by atoms with Crippen LogP contribution in [0.4, 0.5) is 5.82 Å². The minimum Gasteiger partial charge on any atom is -0.373 e. The van der Waals surface area contributed by atoms with Gasteiger partial charge in [0.2, 0.25) is 0 Å². The van der Waals surface area contributed by atoms with Crippen molar-refractivity contribution in [2.45, 2.75) is 0 Å². The first-order valence-corrected chi connectivity index (χ1v) is 6.84. The summed E-state index contributed by atoms with van der Waals surface area (Å²) in [6.07, 6.45) is 0. The second-order valence-electron chi connectivity index (χ2n) is 4.03. The van der Waals surface area contributed by atoms with Crippen LogP contribution in [-0.4, -0.2) is 22.0 Å². The van der Waals surface area contributed by atoms with E-state index in [1.807, 2.05) is 37.4 Å². The van der Waals surface area contributed by atoms with Crippen molar-refractivity contribution in [1.29, 1.82) is 0 Å². The molecule has 0 fully saturated rings. The molecule has 0 spiro atoms. The molecule has 0 saturated heterocycles. The molecule has 0 amide bonds. The van der Waals surface area contributed by atoms with Crippen LogP contribution in [0.15, 0.2) is 34.8 Å². The average Bonchev–Trinajstić information content (AvgIpc) is 2.80. The fourth-order valence-electron chi connectivity index (χ4n) is 1.84. The van der Waals surface area contributed by atoms with Gasteiger partial charge in [0.25, 0.3) is 0 Å². The van der Waals surface area contributed by atoms with Crippen LogP contribution >= 0.6 is 27.5 Å². The lowest BCUT2D eigenvalue weighted by molar-refractivity contribution is 1.28. The van der Waals surface area contributed by atoms with Gasteiger partial charge in [0.1, 0.15) is 11.6 Å². The Morgan fingerprint density at radius 1 is 1.21 bits per heavy atom. The number of aromatic nitrogens is 3. The van der Waals surface area contributed by atoms with Crippen LogP contribution in [0.25, 0.3) is 22.6 Å². The molecule has 2 aromatic heterocycles. The van der Waals surface area contributed by atoms with Gasteiger partial charge in [-0.1, -0.05) is 27.5 Å². The van der Waals surface area contributed by atoms with Gasteiger partial charge < -0.3 is 10.3 Å². The van der Waals surface area contributed by atoms with E-state index >= 15 is 0 Å². The summed E-state index contributed by atoms with van der Waals surface area (Å²) in [5.74, 6) is 1.50. The first kappa shape index (κ1) is 12.4. The van der Waals surface area contributed by atoms with E-state index in [4.69, 9.17) is 11.6 Å². The topological polar surface area (TPSA) is 53.6 Å². The summed E-state index contributed by atoms with van der Waals surface area (Å²) < 4.78 is 0.938. The summed E-state index contributed by atoms with van der Waals surface area (Å²) in [6.45, 7) is 0. The number of hydrogen-bond donors (Lipinski definition) is 2. The van der Waals surface area contributed by atoms with Gasteiger partial charge in [0.05, 0.1) is 10.5 Å². The molecular formula is C13H10BrClN4. The molecule has 3 aromatic rings. The molecule has 3 rings (SSSR count). The molecule has 2 heterocycles. The van der Waals surface area contributed by atoms with Crippen LogP contribution in [0.1, 0.15) is 0 Å². The predicted octanol–water partition coefficient (Wildman–Crippen LogP) is 4.08. The van der Waals surface area contributed by atoms with Crippen molar-refractivity contribution in [3.05, 3.63) is 39.8 Å². The minimum absolute atomic E-state index is 0.641. The first-order valence-electron chi connectivity index (χ1n) is 5.67. The van der Waals surface area contributed by atoms with E-state index < -0.39 is 0 Å². The lowest BCUT2D eigenvalue weighted by atomic mass is 10.2. The second kappa shape index (κ2) is 4.83. The van der Waals surface area contributed by atoms with Crippen molar-refractivity contribution in [1.82, 2.24) is 15.0 Å². The molecule has 6 heteroatoms. The van der Waals surface area contributed by atoms with E-state index in [0.717, 1.165) is 21.4 Å². The van der Waals surface area contributed by atoms with Gasteiger partial charge in [-0.3, -0.25) is 0 Å². The van der Waals surface area contributed by atoms with Crippen molar-refractivity contribution >= 4 is 44.5 Å². The summed E-state index contributed by atoms with van der Waals surface area (Å²) in [4.78, 5) is 12.1. The Balaban J connectivity index is 2.14. The molecule has 0 unspecified atom stereocenters. The molecular weight excluding hydrogens is 328 g/mol. The van der Waals surface area contributed by atoms with Crippen LogP contribution in [0.2, 0.25) is 5.02 Å². The van der Waals surface area contributed by atoms with Crippen molar-refractivity contribution in [3.8, 4) is 11.4 Å². The summed E-state index contributed by atoms with van der Waals surface area (Å²) in [5.41, 5.74) is 2.41. The maximum Gasteiger partial charge on any atom is 0.180 e. The number of pyridine rings is 1. The van der Waals surface area contributed by atoms with Crippen LogP contribution in [-0.2, 0) is 0 Å². The number of nitrogens with zero attached hydrogens (tertiary/aromatic N) is 2. The Morgan fingerprint density at radius 2 is 2.05 bits per heavy atom. The van der Waals surface area contributed by atoms with Crippen molar-refractivity contribution in [3.63, 3.8) is 0 Å². The molecule has 4 nitrogen and oxygen atoms in total. The lowest BCUT2D eigenvalue weighted by Gasteiger charge is -2.00. The van der Waals surface area contributed by atoms with E-state index in [9.17, 15) is 0 Å². The number of hydrogen-bond acceptors (Lipinski definition) is 3. The molecule has 0 aliphatic heterocycles. The number of halogens is 2. The van der Waals surface area contributed by atoms with E-state index in [2.05, 4.69) is 36.2 Å². The Labute approximate surface area is 123 Å². The number of rotatable bonds is 2. The Kier molecular flexibility index (Phi) is 3.16. The van der Waals surface area contributed by atoms with Crippen LogP contribution < -0.4 is 5.32 Å². The third-order valence-corrected chi connectivity index (χ3v) is 3.59. The zero-order chi connectivity index (χ0) is 13.4. The molecule has 1 aromatic carbocycles. The number of benzene rings is 1. The Hall–Kier alpha value is -1.59. The molecule has 0 atom stereocenters. The van der Waals surface area contributed by atoms with E-state index in [1.54, 1.807) is 0 Å². The minimum atomic E-state index is 0.641. The third-order valence-electron chi connectivity index (χ3n) is 2.79. The largest absolute Gasteiger partial charge is 0.373 e. The highest BCUT2D eigenvalue weighted by Crippen LogP contribution is 2.29. The number of anilines is 1. The van der Waals surface area contributed by atoms with Gasteiger partial charge in [-0.2, -0.15) is 0 Å². The zero-order valence-electron chi connectivity index (χ0n) is 10.0. The van der Waals surface area contributed by atoms with Crippen LogP contribution in [0.3, 0.4) is 0 Å². The average molecular weight is 338 g/mol. The zero-order valence-corrected chi connectivity index (χ0v) is 12.4. The van der Waals surface area contributed by atoms with E-state index in [-0.39, 0.29) is 0 Å². The van der Waals surface area contributed by atoms with Crippen molar-refractivity contribution < 1.29 is 0 Å². The highest BCUT2D eigenvalue weighted by Gasteiger charge is 2.10.